The number of halogens is 1. The molecule has 25 heteroatoms. The summed E-state index contributed by atoms with van der Waals surface area (Å²) in [5, 5.41) is 16.7. The number of unbranched alkanes of at least 4 members (excludes halogenated alkanes) is 1. The lowest BCUT2D eigenvalue weighted by Gasteiger charge is -2.61. The number of carbonyl (C=O) groups is 10. The minimum Gasteiger partial charge on any atom is -0.444 e. The van der Waals surface area contributed by atoms with Crippen molar-refractivity contribution in [3.8, 4) is 6.26 Å². The van der Waals surface area contributed by atoms with Crippen molar-refractivity contribution in [2.45, 2.75) is 298 Å². The van der Waals surface area contributed by atoms with Gasteiger partial charge >= 0.3 is 6.09 Å². The Kier molecular flexibility index (Phi) is 34.3. The van der Waals surface area contributed by atoms with Crippen molar-refractivity contribution in [2.75, 3.05) is 53.4 Å². The van der Waals surface area contributed by atoms with E-state index in [4.69, 9.17) is 29.3 Å². The summed E-state index contributed by atoms with van der Waals surface area (Å²) in [6.45, 7) is 31.9. The second-order valence-electron chi connectivity index (χ2n) is 38.3. The molecule has 0 aromatic rings. The molecule has 112 heavy (non-hydrogen) atoms. The number of nitriles is 1. The summed E-state index contributed by atoms with van der Waals surface area (Å²) in [4.78, 5) is 118. The molecule has 0 bridgehead atoms. The van der Waals surface area contributed by atoms with E-state index in [1.807, 2.05) is 0 Å². The van der Waals surface area contributed by atoms with Crippen LogP contribution in [-0.2, 0) is 61.5 Å². The smallest absolute Gasteiger partial charge is 0.407 e. The SMILES string of the molecule is CC(C)(C)OC(=O)NCCN1C(=O)C=CC1=O.CNC(=O)CC[C@@H](C)[C@H]1CC[C@H]2[C@@H]3CC[C@@H]4C[C@H](O[Si](C)(C)CCCCC(=O)CCCN5C(=O)C=CC5=O)CC[C@]4(C)[C@H]3CC[C@]12C.CNC(=O)CC[C@@H](C)[C@H]1CC[C@H]2[C@@H]3CC[C@@H]4C[C@H](O[Si](C)(C)CCCOC#N)CC[C@]4(C)[C@H]3CC[C@]12C.Cl.NCCN1C(=O)C=CC1=O. The predicted octanol–water partition coefficient (Wildman–Crippen LogP) is 14.9. The number of imide groups is 3. The molecular formula is C87H143ClN8O14Si2. The highest BCUT2D eigenvalue weighted by Gasteiger charge is 2.63. The van der Waals surface area contributed by atoms with Gasteiger partial charge in [-0.1, -0.05) is 48.0 Å². The zero-order chi connectivity index (χ0) is 81.4. The highest BCUT2D eigenvalue weighted by Crippen LogP contribution is 2.70. The zero-order valence-corrected chi connectivity index (χ0v) is 73.8. The zero-order valence-electron chi connectivity index (χ0n) is 71.0. The van der Waals surface area contributed by atoms with E-state index in [9.17, 15) is 47.9 Å². The molecule has 11 aliphatic rings. The molecule has 11 rings (SSSR count). The van der Waals surface area contributed by atoms with Gasteiger partial charge < -0.3 is 40.0 Å². The monoisotopic (exact) mass is 1610 g/mol. The fraction of sp³-hybridized carbons (Fsp3) is 0.805. The highest BCUT2D eigenvalue weighted by molar-refractivity contribution is 6.71. The molecule has 0 aromatic carbocycles. The van der Waals surface area contributed by atoms with Gasteiger partial charge in [0.15, 0.2) is 16.6 Å². The molecule has 22 nitrogen and oxygen atoms in total. The van der Waals surface area contributed by atoms with Gasteiger partial charge in [0.25, 0.3) is 41.7 Å². The average molecular weight is 1620 g/mol. The van der Waals surface area contributed by atoms with Crippen molar-refractivity contribution in [3.05, 3.63) is 36.5 Å². The number of carbonyl (C=O) groups excluding carboxylic acids is 10. The fourth-order valence-electron chi connectivity index (χ4n) is 23.7. The number of ether oxygens (including phenoxy) is 2. The highest BCUT2D eigenvalue weighted by atomic mass is 35.5. The van der Waals surface area contributed by atoms with Crippen LogP contribution in [0.1, 0.15) is 242 Å². The number of hydrogen-bond acceptors (Lipinski definition) is 16. The Balaban J connectivity index is 0.000000235. The van der Waals surface area contributed by atoms with E-state index in [1.165, 1.54) is 157 Å². The molecule has 0 radical (unpaired) electrons. The standard InChI is InChI=1S/C39H64N2O5Si.C31H54N2O3Si.C11H16N2O4.C6H8N2O2.ClH/c1-27(12-17-35(43)40-4)32-15-16-33-31-14-13-28-26-30(20-22-38(28,2)34(31)21-23-39(32,33)3)46-47(5,6)25-8-7-10-29(42)11-9-24-41-36(44)18-19-37(41)45;1-22(8-13-29(34)33-4)26-11-12-27-25-10-9-23-20-24(36-37(5,6)19-7-18-35-21-32)14-16-30(23,2)28(25)15-17-31(26,27)3;1-11(2,3)17-10(16)12-6-7-13-8(14)4-5-9(13)15;7-3-4-8-5(9)1-2-6(8)10;/h18-19,27-28,30-34H,7-17,20-26H2,1-6H3,(H,40,43);22-28H,7-20H2,1-6H3,(H,33,34);4-5H,6-7H2,1-3H3,(H,12,16);1-2H,3-4,7H2;1H/t27-,28-,30-,31+,32-,33+,34+,38+,39-;22-,23-,24-,25+,26-,27+,28+,30+,31-;;;/m11.../s1. The van der Waals surface area contributed by atoms with Crippen molar-refractivity contribution in [3.63, 3.8) is 0 Å². The van der Waals surface area contributed by atoms with Crippen LogP contribution in [0.4, 0.5) is 4.79 Å². The van der Waals surface area contributed by atoms with E-state index < -0.39 is 28.3 Å². The predicted molar refractivity (Wildman–Crippen MR) is 442 cm³/mol. The average Bonchev–Trinajstić information content (AvgIpc) is 1.40. The van der Waals surface area contributed by atoms with Gasteiger partial charge in [0, 0.05) is 121 Å². The lowest BCUT2D eigenvalue weighted by atomic mass is 9.44. The van der Waals surface area contributed by atoms with Crippen molar-refractivity contribution in [2.24, 2.45) is 98.4 Å². The molecule has 3 aliphatic heterocycles. The van der Waals surface area contributed by atoms with E-state index >= 15 is 0 Å². The first kappa shape index (κ1) is 93.6. The quantitative estimate of drug-likeness (QED) is 0.0225. The summed E-state index contributed by atoms with van der Waals surface area (Å²) < 4.78 is 23.7. The summed E-state index contributed by atoms with van der Waals surface area (Å²) in [6, 6.07) is 2.16. The first-order valence-electron chi connectivity index (χ1n) is 42.9. The molecule has 5 N–H and O–H groups in total. The molecule has 0 aromatic heterocycles. The third-order valence-corrected chi connectivity index (χ3v) is 34.5. The molecule has 630 valence electrons. The van der Waals surface area contributed by atoms with Crippen LogP contribution in [0.2, 0.25) is 38.3 Å². The van der Waals surface area contributed by atoms with Gasteiger partial charge in [-0.05, 0) is 299 Å². The summed E-state index contributed by atoms with van der Waals surface area (Å²) in [5.74, 6) is 8.46. The van der Waals surface area contributed by atoms with Gasteiger partial charge in [-0.3, -0.25) is 57.9 Å². The van der Waals surface area contributed by atoms with Gasteiger partial charge in [-0.15, -0.1) is 12.4 Å². The van der Waals surface area contributed by atoms with Gasteiger partial charge in [0.05, 0.1) is 0 Å². The van der Waals surface area contributed by atoms with E-state index in [0.29, 0.717) is 104 Å². The van der Waals surface area contributed by atoms with E-state index in [2.05, 4.69) is 83.7 Å². The molecule has 8 aliphatic carbocycles. The van der Waals surface area contributed by atoms with Crippen LogP contribution in [0.3, 0.4) is 0 Å². The second-order valence-corrected chi connectivity index (χ2v) is 46.8. The number of Topliss-reactive ketones (excluding diaryl/α,β-unsaturated/α-hetero) is 1. The second kappa shape index (κ2) is 41.0. The number of nitrogens with zero attached hydrogens (tertiary/aromatic N) is 4. The number of nitrogens with one attached hydrogen (secondary N) is 3. The molecular weight excluding hydrogens is 1470 g/mol. The number of rotatable bonds is 30. The van der Waals surface area contributed by atoms with Crippen molar-refractivity contribution >= 4 is 88.2 Å². The third kappa shape index (κ3) is 23.8. The van der Waals surface area contributed by atoms with Crippen molar-refractivity contribution in [1.82, 2.24) is 30.7 Å². The van der Waals surface area contributed by atoms with Crippen LogP contribution in [0, 0.1) is 104 Å². The minimum atomic E-state index is -1.82. The largest absolute Gasteiger partial charge is 0.444 e. The lowest BCUT2D eigenvalue weighted by molar-refractivity contribution is -0.138. The normalized spacial score (nSPS) is 32.1. The third-order valence-electron chi connectivity index (χ3n) is 29.4. The Morgan fingerprint density at radius 2 is 0.929 bits per heavy atom. The molecule has 18 atom stereocenters. The maximum atomic E-state index is 12.4. The molecule has 0 unspecified atom stereocenters. The van der Waals surface area contributed by atoms with Crippen LogP contribution in [0.15, 0.2) is 36.5 Å². The van der Waals surface area contributed by atoms with Gasteiger partial charge in [-0.2, -0.15) is 5.26 Å². The van der Waals surface area contributed by atoms with E-state index in [-0.39, 0.29) is 78.5 Å². The Morgan fingerprint density at radius 3 is 1.34 bits per heavy atom. The Bertz CT molecular complexity index is 3360. The molecule has 0 spiro atoms. The number of alkyl carbamates (subject to hydrolysis) is 1. The lowest BCUT2D eigenvalue weighted by Crippen LogP contribution is -2.55. The topological polar surface area (TPSA) is 303 Å². The van der Waals surface area contributed by atoms with Crippen LogP contribution in [0.5, 0.6) is 0 Å². The maximum absolute atomic E-state index is 12.4. The Labute approximate surface area is 679 Å². The number of ketones is 1. The number of fused-ring (bicyclic) bond motifs is 10. The van der Waals surface area contributed by atoms with E-state index in [0.717, 1.165) is 113 Å². The molecule has 8 saturated carbocycles. The first-order chi connectivity index (χ1) is 52.4. The molecule has 0 saturated heterocycles. The van der Waals surface area contributed by atoms with Crippen LogP contribution in [0.25, 0.3) is 0 Å². The first-order valence-corrected chi connectivity index (χ1v) is 49.2. The number of amides is 9. The summed E-state index contributed by atoms with van der Waals surface area (Å²) in [6.07, 6.45) is 41.5. The fourth-order valence-corrected chi connectivity index (χ4v) is 28.3. The van der Waals surface area contributed by atoms with Crippen molar-refractivity contribution in [1.29, 1.82) is 5.26 Å². The van der Waals surface area contributed by atoms with Crippen LogP contribution >= 0.6 is 12.4 Å². The Hall–Kier alpha value is -5.59. The van der Waals surface area contributed by atoms with Crippen LogP contribution < -0.4 is 21.7 Å². The summed E-state index contributed by atoms with van der Waals surface area (Å²) in [5.41, 5.74) is 6.44. The van der Waals surface area contributed by atoms with Gasteiger partial charge in [-0.25, -0.2) is 4.79 Å². The number of hydrogen-bond donors (Lipinski definition) is 4. The molecule has 9 amide bonds. The minimum absolute atomic E-state index is 0. The van der Waals surface area contributed by atoms with Gasteiger partial charge in [0.2, 0.25) is 11.8 Å². The molecule has 3 heterocycles. The number of nitrogens with two attached hydrogens (primary N) is 1. The Morgan fingerprint density at radius 1 is 0.536 bits per heavy atom. The van der Waals surface area contributed by atoms with Crippen molar-refractivity contribution < 1.29 is 66.3 Å². The summed E-state index contributed by atoms with van der Waals surface area (Å²) in [7, 11) is -0.0449. The van der Waals surface area contributed by atoms with Gasteiger partial charge in [0.1, 0.15) is 18.0 Å². The summed E-state index contributed by atoms with van der Waals surface area (Å²) >= 11 is 0. The maximum Gasteiger partial charge on any atom is 0.407 e. The molecule has 8 fully saturated rings. The van der Waals surface area contributed by atoms with E-state index in [1.54, 1.807) is 41.1 Å². The van der Waals surface area contributed by atoms with Crippen LogP contribution in [-0.4, -0.2) is 162 Å².